The molecule has 0 saturated carbocycles. The van der Waals surface area contributed by atoms with E-state index in [9.17, 15) is 5.11 Å². The highest BCUT2D eigenvalue weighted by Crippen LogP contribution is 2.09. The van der Waals surface area contributed by atoms with E-state index in [-0.39, 0.29) is 6.04 Å². The molecule has 3 nitrogen and oxygen atoms in total. The topological polar surface area (TPSA) is 44.3 Å². The van der Waals surface area contributed by atoms with Gasteiger partial charge < -0.3 is 10.4 Å². The molecule has 0 heterocycles. The first kappa shape index (κ1) is 14.4. The van der Waals surface area contributed by atoms with E-state index in [1.807, 2.05) is 6.92 Å². The molecule has 0 saturated heterocycles. The zero-order valence-electron chi connectivity index (χ0n) is 10.3. The van der Waals surface area contributed by atoms with Crippen LogP contribution in [-0.4, -0.2) is 31.0 Å². The van der Waals surface area contributed by atoms with Crippen LogP contribution in [0.25, 0.3) is 0 Å². The van der Waals surface area contributed by atoms with Gasteiger partial charge in [0.05, 0.1) is 0 Å². The van der Waals surface area contributed by atoms with Crippen molar-refractivity contribution >= 4 is 0 Å². The molecule has 0 bridgehead atoms. The molecule has 0 aromatic heterocycles. The lowest BCUT2D eigenvalue weighted by Gasteiger charge is -2.19. The fraction of sp³-hybridized carbons (Fsp3) is 0.667. The van der Waals surface area contributed by atoms with E-state index < -0.39 is 6.23 Å². The molecule has 0 aliphatic rings. The normalized spacial score (nSPS) is 16.2. The van der Waals surface area contributed by atoms with Crippen molar-refractivity contribution in [1.82, 2.24) is 10.6 Å². The smallest absolute Gasteiger partial charge is 0.117 e. The average molecular weight is 212 g/mol. The molecule has 0 spiro atoms. The Labute approximate surface area is 93.3 Å². The quantitative estimate of drug-likeness (QED) is 0.442. The van der Waals surface area contributed by atoms with Crippen LogP contribution in [0, 0.1) is 0 Å². The van der Waals surface area contributed by atoms with Gasteiger partial charge in [-0.2, -0.15) is 0 Å². The van der Waals surface area contributed by atoms with Crippen molar-refractivity contribution in [2.24, 2.45) is 0 Å². The van der Waals surface area contributed by atoms with E-state index in [0.29, 0.717) is 6.54 Å². The molecule has 0 fully saturated rings. The summed E-state index contributed by atoms with van der Waals surface area (Å²) in [5.74, 6) is 0. The zero-order chi connectivity index (χ0) is 11.8. The number of aliphatic hydroxyl groups is 1. The molecule has 0 aliphatic carbocycles. The van der Waals surface area contributed by atoms with Gasteiger partial charge in [-0.15, -0.1) is 0 Å². The van der Waals surface area contributed by atoms with Gasteiger partial charge >= 0.3 is 0 Å². The first-order chi connectivity index (χ1) is 7.01. The fourth-order valence-electron chi connectivity index (χ4n) is 1.37. The summed E-state index contributed by atoms with van der Waals surface area (Å²) in [7, 11) is 1.74. The van der Waals surface area contributed by atoms with Crippen molar-refractivity contribution in [3.63, 3.8) is 0 Å². The Morgan fingerprint density at radius 1 is 1.53 bits per heavy atom. The summed E-state index contributed by atoms with van der Waals surface area (Å²) in [4.78, 5) is 0. The Balaban J connectivity index is 4.16. The molecule has 0 aromatic rings. The van der Waals surface area contributed by atoms with Gasteiger partial charge in [0.25, 0.3) is 0 Å². The Morgan fingerprint density at radius 2 is 2.13 bits per heavy atom. The zero-order valence-corrected chi connectivity index (χ0v) is 10.3. The van der Waals surface area contributed by atoms with Gasteiger partial charge in [-0.25, -0.2) is 0 Å². The number of likely N-dealkylation sites (N-methyl/N-ethyl adjacent to an activating group) is 1. The molecule has 88 valence electrons. The second kappa shape index (κ2) is 7.63. The average Bonchev–Trinajstić information content (AvgIpc) is 2.21. The van der Waals surface area contributed by atoms with Crippen molar-refractivity contribution in [3.8, 4) is 0 Å². The van der Waals surface area contributed by atoms with Gasteiger partial charge in [0, 0.05) is 12.6 Å². The highest BCUT2D eigenvalue weighted by atomic mass is 16.3. The van der Waals surface area contributed by atoms with Gasteiger partial charge in [-0.1, -0.05) is 30.7 Å². The van der Waals surface area contributed by atoms with Crippen LogP contribution in [0.3, 0.4) is 0 Å². The fourth-order valence-corrected chi connectivity index (χ4v) is 1.37. The maximum absolute atomic E-state index is 9.33. The van der Waals surface area contributed by atoms with Gasteiger partial charge in [-0.3, -0.25) is 5.32 Å². The second-order valence-corrected chi connectivity index (χ2v) is 3.85. The monoisotopic (exact) mass is 212 g/mol. The molecule has 0 radical (unpaired) electrons. The standard InChI is InChI=1S/C12H24N2O/c1-6-11(7-9(2)3)10(4)14-8-12(15)13-5/h7,10,12-15H,2,6,8H2,1,3-5H3/b11-7-. The van der Waals surface area contributed by atoms with Crippen molar-refractivity contribution in [2.45, 2.75) is 39.5 Å². The lowest BCUT2D eigenvalue weighted by Crippen LogP contribution is -2.40. The minimum Gasteiger partial charge on any atom is -0.377 e. The molecule has 0 amide bonds. The number of aliphatic hydroxyl groups excluding tert-OH is 1. The number of hydrogen-bond donors (Lipinski definition) is 3. The number of rotatable bonds is 7. The highest BCUT2D eigenvalue weighted by Gasteiger charge is 2.08. The summed E-state index contributed by atoms with van der Waals surface area (Å²) in [5, 5.41) is 15.4. The predicted octanol–water partition coefficient (Wildman–Crippen LogP) is 1.41. The van der Waals surface area contributed by atoms with E-state index in [0.717, 1.165) is 12.0 Å². The first-order valence-electron chi connectivity index (χ1n) is 5.45. The summed E-state index contributed by atoms with van der Waals surface area (Å²) >= 11 is 0. The van der Waals surface area contributed by atoms with Crippen LogP contribution in [0.5, 0.6) is 0 Å². The van der Waals surface area contributed by atoms with E-state index in [1.54, 1.807) is 7.05 Å². The van der Waals surface area contributed by atoms with Gasteiger partial charge in [0.15, 0.2) is 0 Å². The van der Waals surface area contributed by atoms with Crippen molar-refractivity contribution in [3.05, 3.63) is 23.8 Å². The maximum atomic E-state index is 9.33. The van der Waals surface area contributed by atoms with E-state index >= 15 is 0 Å². The number of hydrogen-bond acceptors (Lipinski definition) is 3. The first-order valence-corrected chi connectivity index (χ1v) is 5.45. The third kappa shape index (κ3) is 6.44. The number of nitrogens with one attached hydrogen (secondary N) is 2. The molecule has 0 aromatic carbocycles. The summed E-state index contributed by atoms with van der Waals surface area (Å²) in [6.45, 7) is 10.6. The Bertz CT molecular complexity index is 224. The van der Waals surface area contributed by atoms with Crippen LogP contribution >= 0.6 is 0 Å². The van der Waals surface area contributed by atoms with Gasteiger partial charge in [0.1, 0.15) is 6.23 Å². The van der Waals surface area contributed by atoms with Crippen LogP contribution in [-0.2, 0) is 0 Å². The predicted molar refractivity (Wildman–Crippen MR) is 65.7 cm³/mol. The molecule has 0 rings (SSSR count). The minimum absolute atomic E-state index is 0.273. The van der Waals surface area contributed by atoms with E-state index in [1.165, 1.54) is 5.57 Å². The Kier molecular flexibility index (Phi) is 7.30. The Hall–Kier alpha value is -0.640. The van der Waals surface area contributed by atoms with E-state index in [2.05, 4.69) is 37.1 Å². The molecule has 3 heteroatoms. The van der Waals surface area contributed by atoms with Crippen LogP contribution < -0.4 is 10.6 Å². The lowest BCUT2D eigenvalue weighted by atomic mass is 10.0. The SMILES string of the molecule is C=C(C)/C=C(/CC)C(C)NCC(O)NC. The van der Waals surface area contributed by atoms with Crippen LogP contribution in [0.15, 0.2) is 23.8 Å². The van der Waals surface area contributed by atoms with Crippen LogP contribution in [0.2, 0.25) is 0 Å². The van der Waals surface area contributed by atoms with Crippen molar-refractivity contribution < 1.29 is 5.11 Å². The highest BCUT2D eigenvalue weighted by molar-refractivity contribution is 5.22. The summed E-state index contributed by atoms with van der Waals surface area (Å²) in [6, 6.07) is 0.273. The minimum atomic E-state index is -0.490. The summed E-state index contributed by atoms with van der Waals surface area (Å²) in [6.07, 6.45) is 2.61. The molecule has 0 aliphatic heterocycles. The Morgan fingerprint density at radius 3 is 2.53 bits per heavy atom. The van der Waals surface area contributed by atoms with Crippen LogP contribution in [0.4, 0.5) is 0 Å². The van der Waals surface area contributed by atoms with Gasteiger partial charge in [-0.05, 0) is 27.3 Å². The molecule has 3 N–H and O–H groups in total. The third-order valence-corrected chi connectivity index (χ3v) is 2.35. The largest absolute Gasteiger partial charge is 0.377 e. The van der Waals surface area contributed by atoms with Crippen molar-refractivity contribution in [1.29, 1.82) is 0 Å². The molecular weight excluding hydrogens is 188 g/mol. The molecule has 2 atom stereocenters. The molecule has 2 unspecified atom stereocenters. The maximum Gasteiger partial charge on any atom is 0.117 e. The number of allylic oxidation sites excluding steroid dienone is 2. The summed E-state index contributed by atoms with van der Waals surface area (Å²) in [5.41, 5.74) is 2.38. The van der Waals surface area contributed by atoms with Gasteiger partial charge in [0.2, 0.25) is 0 Å². The van der Waals surface area contributed by atoms with E-state index in [4.69, 9.17) is 0 Å². The summed E-state index contributed by atoms with van der Waals surface area (Å²) < 4.78 is 0. The second-order valence-electron chi connectivity index (χ2n) is 3.85. The molecular formula is C12H24N2O. The lowest BCUT2D eigenvalue weighted by molar-refractivity contribution is 0.142. The van der Waals surface area contributed by atoms with Crippen LogP contribution in [0.1, 0.15) is 27.2 Å². The third-order valence-electron chi connectivity index (χ3n) is 2.35. The van der Waals surface area contributed by atoms with Crippen molar-refractivity contribution in [2.75, 3.05) is 13.6 Å². The molecule has 15 heavy (non-hydrogen) atoms.